The minimum Gasteiger partial charge on any atom is -0.366 e. The molecule has 1 aliphatic heterocycles. The molecule has 1 fully saturated rings. The van der Waals surface area contributed by atoms with Crippen LogP contribution in [0, 0.1) is 5.41 Å². The summed E-state index contributed by atoms with van der Waals surface area (Å²) in [4.78, 5) is 25.0. The highest BCUT2D eigenvalue weighted by Crippen LogP contribution is 2.52. The van der Waals surface area contributed by atoms with E-state index in [9.17, 15) is 22.8 Å². The molecular weight excluding hydrogens is 381 g/mol. The van der Waals surface area contributed by atoms with Gasteiger partial charge in [-0.15, -0.1) is 0 Å². The van der Waals surface area contributed by atoms with Crippen LogP contribution in [-0.4, -0.2) is 18.4 Å². The summed E-state index contributed by atoms with van der Waals surface area (Å²) in [6.07, 6.45) is -2.11. The van der Waals surface area contributed by atoms with Gasteiger partial charge in [-0.25, -0.2) is 0 Å². The molecule has 1 heterocycles. The van der Waals surface area contributed by atoms with Crippen molar-refractivity contribution in [2.24, 2.45) is 11.1 Å². The van der Waals surface area contributed by atoms with Crippen LogP contribution in [0.2, 0.25) is 0 Å². The maximum absolute atomic E-state index is 12.9. The Morgan fingerprint density at radius 3 is 2.45 bits per heavy atom. The van der Waals surface area contributed by atoms with Gasteiger partial charge in [-0.05, 0) is 60.6 Å². The van der Waals surface area contributed by atoms with Gasteiger partial charge in [-0.2, -0.15) is 13.2 Å². The van der Waals surface area contributed by atoms with Crippen molar-refractivity contribution in [2.75, 3.05) is 6.54 Å². The molecule has 3 N–H and O–H groups in total. The van der Waals surface area contributed by atoms with E-state index in [1.807, 2.05) is 6.07 Å². The number of amides is 2. The normalized spacial score (nSPS) is 23.7. The predicted molar refractivity (Wildman–Crippen MR) is 101 cm³/mol. The smallest absolute Gasteiger partial charge is 0.366 e. The number of hydrogen-bond acceptors (Lipinski definition) is 2. The lowest BCUT2D eigenvalue weighted by atomic mass is 9.60. The summed E-state index contributed by atoms with van der Waals surface area (Å²) in [7, 11) is 0. The van der Waals surface area contributed by atoms with Gasteiger partial charge in [0.1, 0.15) is 0 Å². The van der Waals surface area contributed by atoms with Crippen LogP contribution < -0.4 is 11.1 Å². The Balaban J connectivity index is 1.80. The van der Waals surface area contributed by atoms with E-state index in [2.05, 4.69) is 5.32 Å². The zero-order chi connectivity index (χ0) is 20.8. The van der Waals surface area contributed by atoms with Crippen LogP contribution in [0.5, 0.6) is 0 Å². The summed E-state index contributed by atoms with van der Waals surface area (Å²) >= 11 is 0. The number of fused-ring (bicyclic) bond motifs is 1. The Bertz CT molecular complexity index is 969. The first-order chi connectivity index (χ1) is 13.7. The number of hydrogen-bond donors (Lipinski definition) is 2. The lowest BCUT2D eigenvalue weighted by Gasteiger charge is -2.41. The Morgan fingerprint density at radius 1 is 1.14 bits per heavy atom. The summed E-state index contributed by atoms with van der Waals surface area (Å²) < 4.78 is 38.7. The van der Waals surface area contributed by atoms with Crippen molar-refractivity contribution >= 4 is 11.8 Å². The lowest BCUT2D eigenvalue weighted by molar-refractivity contribution is -0.137. The molecule has 2 atom stereocenters. The number of nitrogens with one attached hydrogen (secondary N) is 1. The summed E-state index contributed by atoms with van der Waals surface area (Å²) in [6, 6.07) is 10.4. The minimum atomic E-state index is -4.40. The van der Waals surface area contributed by atoms with E-state index < -0.39 is 23.1 Å². The van der Waals surface area contributed by atoms with Gasteiger partial charge in [0.2, 0.25) is 11.8 Å². The highest BCUT2D eigenvalue weighted by Gasteiger charge is 2.52. The Kier molecular flexibility index (Phi) is 4.63. The Hall–Kier alpha value is -2.83. The second-order valence-electron chi connectivity index (χ2n) is 7.86. The molecule has 1 aliphatic carbocycles. The Labute approximate surface area is 166 Å². The zero-order valence-electron chi connectivity index (χ0n) is 15.7. The van der Waals surface area contributed by atoms with Gasteiger partial charge in [-0.3, -0.25) is 9.59 Å². The third kappa shape index (κ3) is 3.28. The van der Waals surface area contributed by atoms with E-state index in [1.165, 1.54) is 12.1 Å². The van der Waals surface area contributed by atoms with Crippen molar-refractivity contribution in [3.8, 4) is 0 Å². The van der Waals surface area contributed by atoms with E-state index >= 15 is 0 Å². The van der Waals surface area contributed by atoms with Crippen LogP contribution in [-0.2, 0) is 23.8 Å². The maximum Gasteiger partial charge on any atom is 0.416 e. The molecule has 152 valence electrons. The van der Waals surface area contributed by atoms with E-state index in [0.717, 1.165) is 23.3 Å². The van der Waals surface area contributed by atoms with Gasteiger partial charge in [0, 0.05) is 18.0 Å². The first kappa shape index (κ1) is 19.5. The number of rotatable bonds is 3. The van der Waals surface area contributed by atoms with Crippen LogP contribution in [0.3, 0.4) is 0 Å². The first-order valence-electron chi connectivity index (χ1n) is 9.58. The van der Waals surface area contributed by atoms with Crippen molar-refractivity contribution in [1.29, 1.82) is 0 Å². The van der Waals surface area contributed by atoms with Crippen molar-refractivity contribution < 1.29 is 22.8 Å². The standard InChI is InChI=1S/C22H21F3N2O2/c23-22(24,25)15-6-4-13(5-7-15)12-17-18-14(2-1-3-16(18)19(26)28)8-9-21(17)10-11-27-20(21)29/h1-7,17H,8-12H2,(H2,26,28)(H,27,29). The Morgan fingerprint density at radius 2 is 1.86 bits per heavy atom. The van der Waals surface area contributed by atoms with Gasteiger partial charge >= 0.3 is 6.18 Å². The third-order valence-corrected chi connectivity index (χ3v) is 6.35. The molecule has 7 heteroatoms. The average Bonchev–Trinajstić information content (AvgIpc) is 3.04. The molecular formula is C22H21F3N2O2. The van der Waals surface area contributed by atoms with Gasteiger partial charge in [0.05, 0.1) is 11.0 Å². The van der Waals surface area contributed by atoms with Gasteiger partial charge in [-0.1, -0.05) is 24.3 Å². The van der Waals surface area contributed by atoms with Gasteiger partial charge in [0.25, 0.3) is 0 Å². The van der Waals surface area contributed by atoms with E-state index in [4.69, 9.17) is 5.73 Å². The van der Waals surface area contributed by atoms with Crippen LogP contribution in [0.15, 0.2) is 42.5 Å². The number of nitrogens with two attached hydrogens (primary N) is 1. The second-order valence-corrected chi connectivity index (χ2v) is 7.86. The summed E-state index contributed by atoms with van der Waals surface area (Å²) in [5.41, 5.74) is 7.05. The largest absolute Gasteiger partial charge is 0.416 e. The molecule has 2 aromatic carbocycles. The first-order valence-corrected chi connectivity index (χ1v) is 9.58. The number of halogens is 3. The van der Waals surface area contributed by atoms with E-state index in [1.54, 1.807) is 12.1 Å². The topological polar surface area (TPSA) is 72.2 Å². The van der Waals surface area contributed by atoms with Gasteiger partial charge < -0.3 is 11.1 Å². The molecule has 0 radical (unpaired) electrons. The number of carbonyl (C=O) groups excluding carboxylic acids is 2. The fourth-order valence-electron chi connectivity index (χ4n) is 4.89. The molecule has 2 unspecified atom stereocenters. The number of primary amides is 1. The molecule has 1 saturated heterocycles. The molecule has 2 amide bonds. The number of carbonyl (C=O) groups is 2. The number of aryl methyl sites for hydroxylation is 1. The summed E-state index contributed by atoms with van der Waals surface area (Å²) in [6.45, 7) is 0.552. The molecule has 2 aliphatic rings. The van der Waals surface area contributed by atoms with Gasteiger partial charge in [0.15, 0.2) is 0 Å². The quantitative estimate of drug-likeness (QED) is 0.824. The van der Waals surface area contributed by atoms with Crippen LogP contribution >= 0.6 is 0 Å². The maximum atomic E-state index is 12.9. The van der Waals surface area contributed by atoms with Crippen LogP contribution in [0.1, 0.15) is 51.4 Å². The second kappa shape index (κ2) is 6.90. The van der Waals surface area contributed by atoms with Crippen LogP contribution in [0.25, 0.3) is 0 Å². The molecule has 29 heavy (non-hydrogen) atoms. The highest BCUT2D eigenvalue weighted by molar-refractivity contribution is 5.96. The molecule has 0 aromatic heterocycles. The minimum absolute atomic E-state index is 0.0562. The third-order valence-electron chi connectivity index (χ3n) is 6.35. The lowest BCUT2D eigenvalue weighted by Crippen LogP contribution is -2.42. The summed E-state index contributed by atoms with van der Waals surface area (Å²) in [5, 5.41) is 2.90. The van der Waals surface area contributed by atoms with Crippen LogP contribution in [0.4, 0.5) is 13.2 Å². The zero-order valence-corrected chi connectivity index (χ0v) is 15.7. The van der Waals surface area contributed by atoms with Crippen molar-refractivity contribution in [3.63, 3.8) is 0 Å². The number of alkyl halides is 3. The van der Waals surface area contributed by atoms with Crippen molar-refractivity contribution in [2.45, 2.75) is 37.8 Å². The monoisotopic (exact) mass is 402 g/mol. The fraction of sp³-hybridized carbons (Fsp3) is 0.364. The van der Waals surface area contributed by atoms with Crippen molar-refractivity contribution in [3.05, 3.63) is 70.3 Å². The fourth-order valence-corrected chi connectivity index (χ4v) is 4.89. The SMILES string of the molecule is NC(=O)c1cccc2c1C(Cc1ccc(C(F)(F)F)cc1)C1(CCNC1=O)CC2. The predicted octanol–water partition coefficient (Wildman–Crippen LogP) is 3.58. The van der Waals surface area contributed by atoms with E-state index in [-0.39, 0.29) is 11.8 Å². The van der Waals surface area contributed by atoms with Crippen molar-refractivity contribution in [1.82, 2.24) is 5.32 Å². The molecule has 0 saturated carbocycles. The molecule has 2 aromatic rings. The number of benzene rings is 2. The molecule has 1 spiro atoms. The average molecular weight is 402 g/mol. The summed E-state index contributed by atoms with van der Waals surface area (Å²) in [5.74, 6) is -0.941. The molecule has 4 nitrogen and oxygen atoms in total. The molecule has 0 bridgehead atoms. The van der Waals surface area contributed by atoms with E-state index in [0.29, 0.717) is 43.4 Å². The highest BCUT2D eigenvalue weighted by atomic mass is 19.4. The molecule has 4 rings (SSSR count).